The van der Waals surface area contributed by atoms with Gasteiger partial charge < -0.3 is 10.1 Å². The molecule has 5 heteroatoms. The van der Waals surface area contributed by atoms with Crippen LogP contribution >= 0.6 is 0 Å². The number of rotatable bonds is 7. The van der Waals surface area contributed by atoms with Crippen molar-refractivity contribution in [3.8, 4) is 11.4 Å². The molecule has 0 atom stereocenters. The van der Waals surface area contributed by atoms with Gasteiger partial charge >= 0.3 is 5.97 Å². The Bertz CT molecular complexity index is 952. The minimum Gasteiger partial charge on any atom is -0.466 e. The number of nitrogens with one attached hydrogen (secondary N) is 1. The largest absolute Gasteiger partial charge is 0.466 e. The normalized spacial score (nSPS) is 10.5. The second kappa shape index (κ2) is 9.13. The Morgan fingerprint density at radius 2 is 1.82 bits per heavy atom. The minimum absolute atomic E-state index is 0.214. The summed E-state index contributed by atoms with van der Waals surface area (Å²) < 4.78 is 4.99. The molecular weight excluding hydrogens is 350 g/mol. The molecule has 0 spiro atoms. The van der Waals surface area contributed by atoms with Crippen LogP contribution in [0.1, 0.15) is 30.7 Å². The molecule has 0 aliphatic heterocycles. The number of carbonyl (C=O) groups is 1. The van der Waals surface area contributed by atoms with E-state index in [1.807, 2.05) is 49.4 Å². The van der Waals surface area contributed by atoms with Crippen molar-refractivity contribution in [2.45, 2.75) is 33.6 Å². The summed E-state index contributed by atoms with van der Waals surface area (Å²) in [6, 6.07) is 17.9. The zero-order chi connectivity index (χ0) is 19.9. The van der Waals surface area contributed by atoms with E-state index in [0.29, 0.717) is 12.4 Å². The summed E-state index contributed by atoms with van der Waals surface area (Å²) in [5.41, 5.74) is 4.98. The van der Waals surface area contributed by atoms with Gasteiger partial charge in [0.15, 0.2) is 5.82 Å². The second-order valence-corrected chi connectivity index (χ2v) is 6.59. The van der Waals surface area contributed by atoms with Crippen LogP contribution in [0.15, 0.2) is 54.6 Å². The highest BCUT2D eigenvalue weighted by atomic mass is 16.5. The number of anilines is 2. The van der Waals surface area contributed by atoms with E-state index < -0.39 is 0 Å². The number of aryl methyl sites for hydroxylation is 2. The Balaban J connectivity index is 1.80. The first kappa shape index (κ1) is 19.5. The van der Waals surface area contributed by atoms with Crippen molar-refractivity contribution >= 4 is 17.5 Å². The van der Waals surface area contributed by atoms with Crippen molar-refractivity contribution in [1.82, 2.24) is 9.97 Å². The van der Waals surface area contributed by atoms with Crippen molar-refractivity contribution < 1.29 is 9.53 Å². The summed E-state index contributed by atoms with van der Waals surface area (Å²) in [7, 11) is 0. The van der Waals surface area contributed by atoms with Crippen LogP contribution < -0.4 is 5.32 Å². The zero-order valence-corrected chi connectivity index (χ0v) is 16.5. The molecule has 1 aromatic heterocycles. The third-order valence-corrected chi connectivity index (χ3v) is 4.30. The lowest BCUT2D eigenvalue weighted by atomic mass is 10.1. The first-order chi connectivity index (χ1) is 13.6. The molecule has 0 saturated carbocycles. The van der Waals surface area contributed by atoms with Gasteiger partial charge in [-0.05, 0) is 44.0 Å². The Kier molecular flexibility index (Phi) is 6.37. The van der Waals surface area contributed by atoms with Gasteiger partial charge in [-0.15, -0.1) is 0 Å². The van der Waals surface area contributed by atoms with Crippen LogP contribution in [0.5, 0.6) is 0 Å². The van der Waals surface area contributed by atoms with E-state index in [2.05, 4.69) is 41.3 Å². The summed E-state index contributed by atoms with van der Waals surface area (Å²) >= 11 is 0. The minimum atomic E-state index is -0.214. The molecule has 0 aliphatic carbocycles. The number of benzene rings is 2. The van der Waals surface area contributed by atoms with Crippen LogP contribution in [0.25, 0.3) is 11.4 Å². The number of carbonyl (C=O) groups excluding carboxylic acids is 1. The van der Waals surface area contributed by atoms with Gasteiger partial charge in [0.2, 0.25) is 0 Å². The average molecular weight is 375 g/mol. The monoisotopic (exact) mass is 375 g/mol. The number of ether oxygens (including phenoxy) is 1. The number of aromatic nitrogens is 2. The van der Waals surface area contributed by atoms with Gasteiger partial charge in [0.1, 0.15) is 5.82 Å². The number of hydrogen-bond acceptors (Lipinski definition) is 5. The Hall–Kier alpha value is -3.21. The lowest BCUT2D eigenvalue weighted by Crippen LogP contribution is -2.07. The highest BCUT2D eigenvalue weighted by molar-refractivity contribution is 5.73. The fourth-order valence-electron chi connectivity index (χ4n) is 2.89. The molecule has 0 amide bonds. The first-order valence-corrected chi connectivity index (χ1v) is 9.54. The van der Waals surface area contributed by atoms with Crippen molar-refractivity contribution in [3.05, 3.63) is 71.4 Å². The van der Waals surface area contributed by atoms with Crippen LogP contribution in [0.2, 0.25) is 0 Å². The highest BCUT2D eigenvalue weighted by Crippen LogP contribution is 2.22. The van der Waals surface area contributed by atoms with Gasteiger partial charge in [0, 0.05) is 23.0 Å². The molecule has 0 fully saturated rings. The van der Waals surface area contributed by atoms with E-state index in [0.717, 1.165) is 34.7 Å². The highest BCUT2D eigenvalue weighted by Gasteiger charge is 2.08. The van der Waals surface area contributed by atoms with Gasteiger partial charge in [0.05, 0.1) is 13.0 Å². The standard InChI is InChI=1S/C23H25N3O2/c1-4-19-15-21(26-23(25-19)18-8-6-7-16(3)13-18)24-20-11-9-17(10-12-20)14-22(27)28-5-2/h6-13,15H,4-5,14H2,1-3H3,(H,24,25,26). The van der Waals surface area contributed by atoms with Crippen LogP contribution in [0.4, 0.5) is 11.5 Å². The van der Waals surface area contributed by atoms with E-state index in [1.165, 1.54) is 5.56 Å². The molecule has 0 aliphatic rings. The smallest absolute Gasteiger partial charge is 0.310 e. The topological polar surface area (TPSA) is 64.1 Å². The second-order valence-electron chi connectivity index (χ2n) is 6.59. The molecule has 3 aromatic rings. The van der Waals surface area contributed by atoms with E-state index in [4.69, 9.17) is 4.74 Å². The van der Waals surface area contributed by atoms with Crippen LogP contribution in [0.3, 0.4) is 0 Å². The Labute approximate surface area is 165 Å². The number of hydrogen-bond donors (Lipinski definition) is 1. The molecule has 144 valence electrons. The van der Waals surface area contributed by atoms with E-state index >= 15 is 0 Å². The molecule has 0 saturated heterocycles. The van der Waals surface area contributed by atoms with E-state index in [1.54, 1.807) is 0 Å². The molecule has 3 rings (SSSR count). The molecule has 2 aromatic carbocycles. The van der Waals surface area contributed by atoms with E-state index in [-0.39, 0.29) is 12.4 Å². The third-order valence-electron chi connectivity index (χ3n) is 4.30. The quantitative estimate of drug-likeness (QED) is 0.597. The number of esters is 1. The van der Waals surface area contributed by atoms with Gasteiger partial charge in [-0.1, -0.05) is 42.8 Å². The summed E-state index contributed by atoms with van der Waals surface area (Å²) in [6.07, 6.45) is 1.10. The van der Waals surface area contributed by atoms with Crippen molar-refractivity contribution in [2.24, 2.45) is 0 Å². The summed E-state index contributed by atoms with van der Waals surface area (Å²) in [4.78, 5) is 21.0. The number of nitrogens with zero attached hydrogens (tertiary/aromatic N) is 2. The lowest BCUT2D eigenvalue weighted by Gasteiger charge is -2.11. The molecule has 0 radical (unpaired) electrons. The molecule has 1 heterocycles. The maximum absolute atomic E-state index is 11.6. The third kappa shape index (κ3) is 5.16. The molecular formula is C23H25N3O2. The van der Waals surface area contributed by atoms with E-state index in [9.17, 15) is 4.79 Å². The zero-order valence-electron chi connectivity index (χ0n) is 16.5. The summed E-state index contributed by atoms with van der Waals surface area (Å²) in [5, 5.41) is 3.34. The Morgan fingerprint density at radius 1 is 1.04 bits per heavy atom. The van der Waals surface area contributed by atoms with Gasteiger partial charge in [0.25, 0.3) is 0 Å². The van der Waals surface area contributed by atoms with Crippen molar-refractivity contribution in [1.29, 1.82) is 0 Å². The van der Waals surface area contributed by atoms with Crippen LogP contribution in [-0.2, 0) is 22.4 Å². The fourth-order valence-corrected chi connectivity index (χ4v) is 2.89. The molecule has 0 unspecified atom stereocenters. The maximum atomic E-state index is 11.6. The molecule has 5 nitrogen and oxygen atoms in total. The average Bonchev–Trinajstić information content (AvgIpc) is 2.69. The van der Waals surface area contributed by atoms with Crippen LogP contribution in [-0.4, -0.2) is 22.5 Å². The van der Waals surface area contributed by atoms with Crippen molar-refractivity contribution in [2.75, 3.05) is 11.9 Å². The predicted octanol–water partition coefficient (Wildman–Crippen LogP) is 4.86. The SMILES string of the molecule is CCOC(=O)Cc1ccc(Nc2cc(CC)nc(-c3cccc(C)c3)n2)cc1. The summed E-state index contributed by atoms with van der Waals surface area (Å²) in [5.74, 6) is 1.25. The molecule has 1 N–H and O–H groups in total. The van der Waals surface area contributed by atoms with Gasteiger partial charge in [-0.2, -0.15) is 0 Å². The lowest BCUT2D eigenvalue weighted by molar-refractivity contribution is -0.142. The first-order valence-electron chi connectivity index (χ1n) is 9.54. The van der Waals surface area contributed by atoms with Gasteiger partial charge in [-0.25, -0.2) is 9.97 Å². The maximum Gasteiger partial charge on any atom is 0.310 e. The van der Waals surface area contributed by atoms with Crippen molar-refractivity contribution in [3.63, 3.8) is 0 Å². The molecule has 0 bridgehead atoms. The van der Waals surface area contributed by atoms with Crippen LogP contribution in [0, 0.1) is 6.92 Å². The molecule has 28 heavy (non-hydrogen) atoms. The predicted molar refractivity (Wildman–Crippen MR) is 112 cm³/mol. The fraction of sp³-hybridized carbons (Fsp3) is 0.261. The Morgan fingerprint density at radius 3 is 2.50 bits per heavy atom. The summed E-state index contributed by atoms with van der Waals surface area (Å²) in [6.45, 7) is 6.35. The van der Waals surface area contributed by atoms with Gasteiger partial charge in [-0.3, -0.25) is 4.79 Å².